The second kappa shape index (κ2) is 5.72. The van der Waals surface area contributed by atoms with Crippen LogP contribution in [0.3, 0.4) is 0 Å². The van der Waals surface area contributed by atoms with Gasteiger partial charge in [0.1, 0.15) is 0 Å². The van der Waals surface area contributed by atoms with Crippen molar-refractivity contribution in [3.05, 3.63) is 71.3 Å². The van der Waals surface area contributed by atoms with Gasteiger partial charge in [-0.3, -0.25) is 4.79 Å². The summed E-state index contributed by atoms with van der Waals surface area (Å²) in [7, 11) is 0. The first-order valence-corrected chi connectivity index (χ1v) is 7.46. The first-order valence-electron chi connectivity index (χ1n) is 7.46. The van der Waals surface area contributed by atoms with Crippen molar-refractivity contribution in [2.24, 2.45) is 0 Å². The highest BCUT2D eigenvalue weighted by atomic mass is 19.4. The molecule has 23 heavy (non-hydrogen) atoms. The Balaban J connectivity index is 1.78. The summed E-state index contributed by atoms with van der Waals surface area (Å²) < 4.78 is 37.7. The molecule has 0 atom stereocenters. The molecule has 5 heteroatoms. The van der Waals surface area contributed by atoms with Crippen LogP contribution in [0.25, 0.3) is 0 Å². The lowest BCUT2D eigenvalue weighted by molar-refractivity contribution is -0.137. The van der Waals surface area contributed by atoms with Gasteiger partial charge in [-0.25, -0.2) is 0 Å². The zero-order valence-electron chi connectivity index (χ0n) is 12.4. The molecule has 0 saturated heterocycles. The average Bonchev–Trinajstić information content (AvgIpc) is 2.51. The second-order valence-electron chi connectivity index (χ2n) is 5.83. The number of hydrogen-bond donors (Lipinski definition) is 1. The third-order valence-electron chi connectivity index (χ3n) is 4.36. The minimum atomic E-state index is -4.39. The van der Waals surface area contributed by atoms with Gasteiger partial charge in [-0.1, -0.05) is 30.3 Å². The summed E-state index contributed by atoms with van der Waals surface area (Å²) in [6, 6.07) is 14.0. The number of amides is 1. The highest BCUT2D eigenvalue weighted by Crippen LogP contribution is 2.41. The molecule has 120 valence electrons. The molecule has 1 N–H and O–H groups in total. The van der Waals surface area contributed by atoms with E-state index in [0.717, 1.165) is 37.0 Å². The monoisotopic (exact) mass is 319 g/mol. The molecule has 0 aromatic heterocycles. The van der Waals surface area contributed by atoms with Crippen LogP contribution < -0.4 is 5.32 Å². The van der Waals surface area contributed by atoms with Gasteiger partial charge in [0.05, 0.1) is 11.1 Å². The first-order chi connectivity index (χ1) is 10.9. The summed E-state index contributed by atoms with van der Waals surface area (Å²) in [6.07, 6.45) is -1.71. The molecule has 1 amide bonds. The van der Waals surface area contributed by atoms with Gasteiger partial charge in [0.2, 0.25) is 0 Å². The summed E-state index contributed by atoms with van der Waals surface area (Å²) in [5.74, 6) is -0.345. The number of nitrogens with one attached hydrogen (secondary N) is 1. The molecule has 3 rings (SSSR count). The summed E-state index contributed by atoms with van der Waals surface area (Å²) >= 11 is 0. The van der Waals surface area contributed by atoms with Crippen molar-refractivity contribution in [2.45, 2.75) is 31.0 Å². The highest BCUT2D eigenvalue weighted by Gasteiger charge is 2.40. The smallest absolute Gasteiger partial charge is 0.343 e. The number of benzene rings is 2. The van der Waals surface area contributed by atoms with Gasteiger partial charge < -0.3 is 5.32 Å². The van der Waals surface area contributed by atoms with Crippen LogP contribution in [-0.4, -0.2) is 5.91 Å². The number of halogens is 3. The predicted octanol–water partition coefficient (Wildman–Crippen LogP) is 4.51. The summed E-state index contributed by atoms with van der Waals surface area (Å²) in [5.41, 5.74) is 0.114. The lowest BCUT2D eigenvalue weighted by Crippen LogP contribution is -2.50. The number of carbonyl (C=O) groups excluding carboxylic acids is 1. The van der Waals surface area contributed by atoms with Gasteiger partial charge in [0.25, 0.3) is 5.91 Å². The fourth-order valence-electron chi connectivity index (χ4n) is 2.87. The summed E-state index contributed by atoms with van der Waals surface area (Å²) in [5, 5.41) is 3.00. The Bertz CT molecular complexity index is 688. The van der Waals surface area contributed by atoms with Gasteiger partial charge in [-0.15, -0.1) is 0 Å². The highest BCUT2D eigenvalue weighted by molar-refractivity contribution is 5.94. The van der Waals surface area contributed by atoms with E-state index in [1.807, 2.05) is 30.3 Å². The van der Waals surface area contributed by atoms with Crippen molar-refractivity contribution in [3.63, 3.8) is 0 Å². The molecule has 0 bridgehead atoms. The average molecular weight is 319 g/mol. The number of hydrogen-bond acceptors (Lipinski definition) is 1. The van der Waals surface area contributed by atoms with Gasteiger partial charge in [-0.2, -0.15) is 13.2 Å². The lowest BCUT2D eigenvalue weighted by atomic mass is 9.71. The van der Waals surface area contributed by atoms with Gasteiger partial charge in [0, 0.05) is 5.56 Å². The lowest BCUT2D eigenvalue weighted by Gasteiger charge is -2.43. The van der Waals surface area contributed by atoms with Crippen molar-refractivity contribution in [3.8, 4) is 0 Å². The van der Waals surface area contributed by atoms with Gasteiger partial charge in [-0.05, 0) is 49.1 Å². The van der Waals surface area contributed by atoms with Crippen molar-refractivity contribution in [1.29, 1.82) is 0 Å². The Morgan fingerprint density at radius 1 is 0.957 bits per heavy atom. The molecule has 1 saturated carbocycles. The molecular formula is C18H16F3NO. The van der Waals surface area contributed by atoms with E-state index in [-0.39, 0.29) is 11.5 Å². The Morgan fingerprint density at radius 2 is 1.57 bits per heavy atom. The summed E-state index contributed by atoms with van der Waals surface area (Å²) in [4.78, 5) is 12.4. The number of alkyl halides is 3. The maximum Gasteiger partial charge on any atom is 0.416 e. The van der Waals surface area contributed by atoms with Crippen LogP contribution in [0.4, 0.5) is 13.2 Å². The molecule has 0 aliphatic heterocycles. The van der Waals surface area contributed by atoms with Crippen LogP contribution in [0, 0.1) is 0 Å². The third-order valence-corrected chi connectivity index (χ3v) is 4.36. The van der Waals surface area contributed by atoms with Crippen LogP contribution in [0.2, 0.25) is 0 Å². The van der Waals surface area contributed by atoms with Crippen LogP contribution in [0.15, 0.2) is 54.6 Å². The largest absolute Gasteiger partial charge is 0.416 e. The maximum absolute atomic E-state index is 12.6. The minimum Gasteiger partial charge on any atom is -0.343 e. The molecule has 0 spiro atoms. The Hall–Kier alpha value is -2.30. The van der Waals surface area contributed by atoms with E-state index >= 15 is 0 Å². The van der Waals surface area contributed by atoms with Crippen LogP contribution >= 0.6 is 0 Å². The zero-order chi connectivity index (χ0) is 16.5. The van der Waals surface area contributed by atoms with Gasteiger partial charge in [0.15, 0.2) is 0 Å². The van der Waals surface area contributed by atoms with E-state index in [1.165, 1.54) is 12.1 Å². The van der Waals surface area contributed by atoms with E-state index in [4.69, 9.17) is 0 Å². The predicted molar refractivity (Wildman–Crippen MR) is 80.9 cm³/mol. The fourth-order valence-corrected chi connectivity index (χ4v) is 2.87. The SMILES string of the molecule is O=C(NC1(c2ccccc2)CCC1)c1ccc(C(F)(F)F)cc1. The zero-order valence-corrected chi connectivity index (χ0v) is 12.4. The topological polar surface area (TPSA) is 29.1 Å². The molecular weight excluding hydrogens is 303 g/mol. The standard InChI is InChI=1S/C18H16F3NO/c19-18(20,21)15-9-7-13(8-10-15)16(23)22-17(11-4-12-17)14-5-2-1-3-6-14/h1-3,5-10H,4,11-12H2,(H,22,23). The van der Waals surface area contributed by atoms with Crippen molar-refractivity contribution >= 4 is 5.91 Å². The molecule has 0 radical (unpaired) electrons. The summed E-state index contributed by atoms with van der Waals surface area (Å²) in [6.45, 7) is 0. The van der Waals surface area contributed by atoms with E-state index in [1.54, 1.807) is 0 Å². The third kappa shape index (κ3) is 3.09. The maximum atomic E-state index is 12.6. The Morgan fingerprint density at radius 3 is 2.04 bits per heavy atom. The van der Waals surface area contributed by atoms with E-state index in [0.29, 0.717) is 0 Å². The quantitative estimate of drug-likeness (QED) is 0.886. The van der Waals surface area contributed by atoms with Crippen molar-refractivity contribution in [2.75, 3.05) is 0 Å². The molecule has 1 fully saturated rings. The Kier molecular flexibility index (Phi) is 3.88. The Labute approximate surface area is 132 Å². The molecule has 1 aliphatic carbocycles. The van der Waals surface area contributed by atoms with E-state index < -0.39 is 17.3 Å². The van der Waals surface area contributed by atoms with Crippen LogP contribution in [0.1, 0.15) is 40.7 Å². The number of rotatable bonds is 3. The van der Waals surface area contributed by atoms with Crippen LogP contribution in [0.5, 0.6) is 0 Å². The van der Waals surface area contributed by atoms with E-state index in [9.17, 15) is 18.0 Å². The van der Waals surface area contributed by atoms with Crippen molar-refractivity contribution < 1.29 is 18.0 Å². The minimum absolute atomic E-state index is 0.236. The first kappa shape index (κ1) is 15.6. The van der Waals surface area contributed by atoms with E-state index in [2.05, 4.69) is 5.32 Å². The van der Waals surface area contributed by atoms with Crippen LogP contribution in [-0.2, 0) is 11.7 Å². The fraction of sp³-hybridized carbons (Fsp3) is 0.278. The molecule has 1 aliphatic rings. The molecule has 2 aromatic rings. The molecule has 0 unspecified atom stereocenters. The number of carbonyl (C=O) groups is 1. The molecule has 2 nitrogen and oxygen atoms in total. The molecule has 0 heterocycles. The normalized spacial score (nSPS) is 16.5. The van der Waals surface area contributed by atoms with Gasteiger partial charge >= 0.3 is 6.18 Å². The second-order valence-corrected chi connectivity index (χ2v) is 5.83. The molecule has 2 aromatic carbocycles. The van der Waals surface area contributed by atoms with Crippen molar-refractivity contribution in [1.82, 2.24) is 5.32 Å².